The lowest BCUT2D eigenvalue weighted by atomic mass is 10.0. The minimum atomic E-state index is -0.553. The summed E-state index contributed by atoms with van der Waals surface area (Å²) in [4.78, 5) is 77.2. The molecule has 0 heterocycles. The van der Waals surface area contributed by atoms with Gasteiger partial charge in [0, 0.05) is 39.3 Å². The number of hydrogen-bond donors (Lipinski definition) is 3. The van der Waals surface area contributed by atoms with Crippen molar-refractivity contribution >= 4 is 29.5 Å². The molecule has 0 aromatic rings. The van der Waals surface area contributed by atoms with Gasteiger partial charge < -0.3 is 36.4 Å². The Hall–Kier alpha value is -2.73. The highest BCUT2D eigenvalue weighted by Gasteiger charge is 2.27. The van der Waals surface area contributed by atoms with Gasteiger partial charge in [0.2, 0.25) is 29.5 Å². The van der Waals surface area contributed by atoms with E-state index in [1.54, 1.807) is 19.6 Å². The van der Waals surface area contributed by atoms with Crippen LogP contribution in [0.25, 0.3) is 0 Å². The maximum atomic E-state index is 14.9. The van der Waals surface area contributed by atoms with Gasteiger partial charge in [-0.3, -0.25) is 24.0 Å². The lowest BCUT2D eigenvalue weighted by molar-refractivity contribution is -0.146. The average Bonchev–Trinajstić information content (AvgIpc) is 0.992. The molecule has 0 rings (SSSR count). The number of nitrogens with two attached hydrogens (primary N) is 2. The number of rotatable bonds is 80. The number of nitrogens with one attached hydrogen (secondary N) is 1. The standard InChI is InChI=1S/C84H167N7O5/c1-5-9-13-17-21-25-29-33-37-41-45-49-53-57-61-65-71-88(76-80(86)92)82(94)78-90(73-67-63-59-55-51-47-43-39-35-31-27-23-19-15-11-7-3)84(96)79-91(74-68-64-60-56-52-48-44-40-36-32-28-24-20-16-12-8-4)83(95)77-89(81(93)75-87-70-69-85)72-66-62-58-54-50-46-42-38-34-30-26-22-18-14-10-6-2/h87H,5-79,85H2,1-4H3,(H2,86,92). The molecule has 0 aromatic carbocycles. The zero-order chi connectivity index (χ0) is 69.9. The van der Waals surface area contributed by atoms with Gasteiger partial charge in [0.1, 0.15) is 0 Å². The minimum Gasteiger partial charge on any atom is -0.368 e. The van der Waals surface area contributed by atoms with E-state index in [2.05, 4.69) is 33.0 Å². The van der Waals surface area contributed by atoms with Crippen molar-refractivity contribution in [3.8, 4) is 0 Å². The van der Waals surface area contributed by atoms with Crippen molar-refractivity contribution < 1.29 is 24.0 Å². The summed E-state index contributed by atoms with van der Waals surface area (Å²) < 4.78 is 0. The summed E-state index contributed by atoms with van der Waals surface area (Å²) in [6.07, 6.45) is 80.4. The highest BCUT2D eigenvalue weighted by molar-refractivity contribution is 5.91. The molecule has 0 saturated carbocycles. The Morgan fingerprint density at radius 2 is 0.385 bits per heavy atom. The van der Waals surface area contributed by atoms with Crippen molar-refractivity contribution in [3.05, 3.63) is 0 Å². The van der Waals surface area contributed by atoms with Crippen molar-refractivity contribution in [2.75, 3.05) is 72.0 Å². The van der Waals surface area contributed by atoms with Gasteiger partial charge in [-0.25, -0.2) is 0 Å². The Morgan fingerprint density at radius 1 is 0.229 bits per heavy atom. The smallest absolute Gasteiger partial charge is 0.242 e. The van der Waals surface area contributed by atoms with E-state index in [4.69, 9.17) is 11.5 Å². The number of nitrogens with zero attached hydrogens (tertiary/aromatic N) is 4. The van der Waals surface area contributed by atoms with Gasteiger partial charge in [-0.2, -0.15) is 0 Å². The molecule has 568 valence electrons. The fraction of sp³-hybridized carbons (Fsp3) is 0.940. The quantitative estimate of drug-likeness (QED) is 0.0511. The number of amides is 5. The summed E-state index contributed by atoms with van der Waals surface area (Å²) in [7, 11) is 0. The summed E-state index contributed by atoms with van der Waals surface area (Å²) in [5, 5.41) is 3.17. The van der Waals surface area contributed by atoms with E-state index < -0.39 is 5.91 Å². The second-order valence-corrected chi connectivity index (χ2v) is 29.9. The van der Waals surface area contributed by atoms with Crippen LogP contribution in [0.15, 0.2) is 0 Å². The zero-order valence-corrected chi connectivity index (χ0v) is 65.0. The normalized spacial score (nSPS) is 11.5. The molecule has 96 heavy (non-hydrogen) atoms. The molecule has 0 radical (unpaired) electrons. The van der Waals surface area contributed by atoms with E-state index in [1.165, 1.54) is 321 Å². The van der Waals surface area contributed by atoms with E-state index in [0.29, 0.717) is 39.3 Å². The molecule has 0 saturated heterocycles. The lowest BCUT2D eigenvalue weighted by Crippen LogP contribution is -2.51. The number of primary amides is 1. The molecular weight excluding hydrogens is 1190 g/mol. The SMILES string of the molecule is CCCCCCCCCCCCCCCCCCN(CC(N)=O)C(=O)CN(CCCCCCCCCCCCCCCCCC)C(=O)CN(CCCCCCCCCCCCCCCCCC)C(=O)CN(CCCCCCCCCCCCCCCCCC)C(=O)CNCCN. The van der Waals surface area contributed by atoms with E-state index in [0.717, 1.165) is 89.9 Å². The number of carbonyl (C=O) groups is 5. The predicted molar refractivity (Wildman–Crippen MR) is 416 cm³/mol. The summed E-state index contributed by atoms with van der Waals surface area (Å²) in [5.74, 6) is -1.42. The molecular formula is C84H167N7O5. The van der Waals surface area contributed by atoms with Gasteiger partial charge in [-0.05, 0) is 25.7 Å². The molecule has 0 aliphatic carbocycles. The van der Waals surface area contributed by atoms with Gasteiger partial charge >= 0.3 is 0 Å². The first-order chi connectivity index (χ1) is 47.1. The Morgan fingerprint density at radius 3 is 0.552 bits per heavy atom. The lowest BCUT2D eigenvalue weighted by Gasteiger charge is -2.31. The maximum Gasteiger partial charge on any atom is 0.242 e. The number of carbonyl (C=O) groups excluding carboxylic acids is 5. The van der Waals surface area contributed by atoms with Crippen molar-refractivity contribution in [1.29, 1.82) is 0 Å². The zero-order valence-electron chi connectivity index (χ0n) is 65.0. The Balaban J connectivity index is 6.06. The first-order valence-corrected chi connectivity index (χ1v) is 42.9. The molecule has 5 amide bonds. The van der Waals surface area contributed by atoms with Crippen LogP contribution in [0.4, 0.5) is 0 Å². The van der Waals surface area contributed by atoms with Gasteiger partial charge in [0.05, 0.1) is 32.7 Å². The van der Waals surface area contributed by atoms with E-state index in [9.17, 15) is 24.0 Å². The molecule has 0 fully saturated rings. The van der Waals surface area contributed by atoms with Crippen LogP contribution < -0.4 is 16.8 Å². The van der Waals surface area contributed by atoms with Crippen molar-refractivity contribution in [1.82, 2.24) is 24.9 Å². The van der Waals surface area contributed by atoms with Crippen LogP contribution in [0.2, 0.25) is 0 Å². The van der Waals surface area contributed by atoms with Crippen LogP contribution >= 0.6 is 0 Å². The first-order valence-electron chi connectivity index (χ1n) is 42.9. The summed E-state index contributed by atoms with van der Waals surface area (Å²) in [6, 6.07) is 0. The van der Waals surface area contributed by atoms with Crippen LogP contribution in [0.3, 0.4) is 0 Å². The predicted octanol–water partition coefficient (Wildman–Crippen LogP) is 22.4. The van der Waals surface area contributed by atoms with Gasteiger partial charge in [-0.15, -0.1) is 0 Å². The number of hydrogen-bond acceptors (Lipinski definition) is 7. The van der Waals surface area contributed by atoms with Gasteiger partial charge in [-0.1, -0.05) is 413 Å². The van der Waals surface area contributed by atoms with Crippen LogP contribution in [0, 0.1) is 0 Å². The topological polar surface area (TPSA) is 162 Å². The van der Waals surface area contributed by atoms with E-state index in [-0.39, 0.29) is 56.4 Å². The van der Waals surface area contributed by atoms with Crippen LogP contribution in [0.1, 0.15) is 439 Å². The molecule has 0 aromatic heterocycles. The molecule has 0 spiro atoms. The van der Waals surface area contributed by atoms with E-state index >= 15 is 0 Å². The second-order valence-electron chi connectivity index (χ2n) is 29.9. The highest BCUT2D eigenvalue weighted by Crippen LogP contribution is 2.20. The van der Waals surface area contributed by atoms with Gasteiger partial charge in [0.15, 0.2) is 0 Å². The van der Waals surface area contributed by atoms with Crippen LogP contribution in [0.5, 0.6) is 0 Å². The largest absolute Gasteiger partial charge is 0.368 e. The monoisotopic (exact) mass is 1350 g/mol. The van der Waals surface area contributed by atoms with Gasteiger partial charge in [0.25, 0.3) is 0 Å². The molecule has 12 nitrogen and oxygen atoms in total. The van der Waals surface area contributed by atoms with Crippen molar-refractivity contribution in [3.63, 3.8) is 0 Å². The van der Waals surface area contributed by atoms with Crippen molar-refractivity contribution in [2.45, 2.75) is 439 Å². The Labute approximate surface area is 597 Å². The average molecular weight is 1360 g/mol. The molecule has 0 bridgehead atoms. The first kappa shape index (κ1) is 93.3. The third-order valence-corrected chi connectivity index (χ3v) is 20.5. The molecule has 0 unspecified atom stereocenters. The minimum absolute atomic E-state index is 0.0855. The summed E-state index contributed by atoms with van der Waals surface area (Å²) in [5.41, 5.74) is 11.6. The van der Waals surface area contributed by atoms with Crippen LogP contribution in [-0.4, -0.2) is 121 Å². The fourth-order valence-corrected chi connectivity index (χ4v) is 14.0. The van der Waals surface area contributed by atoms with E-state index in [1.807, 2.05) is 0 Å². The third-order valence-electron chi connectivity index (χ3n) is 20.5. The van der Waals surface area contributed by atoms with Crippen molar-refractivity contribution in [2.24, 2.45) is 11.5 Å². The molecule has 0 aliphatic heterocycles. The molecule has 0 aliphatic rings. The summed E-state index contributed by atoms with van der Waals surface area (Å²) in [6.45, 7) is 11.3. The van der Waals surface area contributed by atoms with Crippen LogP contribution in [-0.2, 0) is 24.0 Å². The molecule has 5 N–H and O–H groups in total. The third kappa shape index (κ3) is 65.9. The second kappa shape index (κ2) is 76.4. The maximum absolute atomic E-state index is 14.9. The highest BCUT2D eigenvalue weighted by atomic mass is 16.2. The summed E-state index contributed by atoms with van der Waals surface area (Å²) >= 11 is 0. The number of unbranched alkanes of at least 4 members (excludes halogenated alkanes) is 60. The fourth-order valence-electron chi connectivity index (χ4n) is 14.0. The molecule has 0 atom stereocenters. The molecule has 12 heteroatoms. The Kier molecular flexibility index (Phi) is 74.3. The Bertz CT molecular complexity index is 1670.